The van der Waals surface area contributed by atoms with Crippen molar-refractivity contribution in [2.24, 2.45) is 0 Å². The van der Waals surface area contributed by atoms with Crippen LogP contribution >= 0.6 is 11.6 Å². The summed E-state index contributed by atoms with van der Waals surface area (Å²) in [4.78, 5) is 22.8. The van der Waals surface area contributed by atoms with Gasteiger partial charge < -0.3 is 16.0 Å². The van der Waals surface area contributed by atoms with Crippen molar-refractivity contribution in [1.29, 1.82) is 0 Å². The van der Waals surface area contributed by atoms with Crippen molar-refractivity contribution in [3.8, 4) is 0 Å². The zero-order valence-corrected chi connectivity index (χ0v) is 22.3. The van der Waals surface area contributed by atoms with Gasteiger partial charge in [0.15, 0.2) is 5.82 Å². The van der Waals surface area contributed by atoms with Crippen LogP contribution in [0.5, 0.6) is 0 Å². The second-order valence-corrected chi connectivity index (χ2v) is 11.7. The molecule has 1 amide bonds. The number of benzene rings is 1. The van der Waals surface area contributed by atoms with Crippen LogP contribution in [-0.2, 0) is 27.7 Å². The van der Waals surface area contributed by atoms with Crippen LogP contribution in [-0.4, -0.2) is 74.2 Å². The Morgan fingerprint density at radius 2 is 1.86 bits per heavy atom. The summed E-state index contributed by atoms with van der Waals surface area (Å²) in [6, 6.07) is 5.89. The minimum atomic E-state index is -3.32. The highest BCUT2D eigenvalue weighted by Gasteiger charge is 2.28. The van der Waals surface area contributed by atoms with Gasteiger partial charge >= 0.3 is 0 Å². The Morgan fingerprint density at radius 3 is 2.58 bits per heavy atom. The predicted octanol–water partition coefficient (Wildman–Crippen LogP) is 2.29. The van der Waals surface area contributed by atoms with Gasteiger partial charge in [0.1, 0.15) is 5.02 Å². The molecule has 0 unspecified atom stereocenters. The van der Waals surface area contributed by atoms with Crippen LogP contribution in [0.4, 0.5) is 17.5 Å². The van der Waals surface area contributed by atoms with Gasteiger partial charge in [-0.1, -0.05) is 30.5 Å². The molecule has 4 rings (SSSR count). The van der Waals surface area contributed by atoms with Gasteiger partial charge in [-0.25, -0.2) is 18.1 Å². The Morgan fingerprint density at radius 1 is 1.14 bits per heavy atom. The van der Waals surface area contributed by atoms with Gasteiger partial charge in [-0.15, -0.1) is 0 Å². The number of rotatable bonds is 8. The second kappa shape index (κ2) is 11.7. The molecule has 0 saturated heterocycles. The van der Waals surface area contributed by atoms with Crippen LogP contribution in [0.2, 0.25) is 5.02 Å². The quantitative estimate of drug-likeness (QED) is 0.405. The molecule has 12 heteroatoms. The molecule has 0 spiro atoms. The van der Waals surface area contributed by atoms with E-state index in [1.807, 2.05) is 6.07 Å². The van der Waals surface area contributed by atoms with Crippen LogP contribution < -0.4 is 20.7 Å². The molecule has 0 radical (unpaired) electrons. The van der Waals surface area contributed by atoms with Gasteiger partial charge in [-0.2, -0.15) is 4.98 Å². The molecular formula is C24H34ClN7O3S. The summed E-state index contributed by atoms with van der Waals surface area (Å²) >= 11 is 6.39. The number of halogens is 1. The lowest BCUT2D eigenvalue weighted by Gasteiger charge is -2.32. The Hall–Kier alpha value is -2.47. The maximum absolute atomic E-state index is 11.8. The lowest BCUT2D eigenvalue weighted by Crippen LogP contribution is -2.48. The first-order valence-electron chi connectivity index (χ1n) is 12.3. The third kappa shape index (κ3) is 7.28. The van der Waals surface area contributed by atoms with Crippen LogP contribution in [0.3, 0.4) is 0 Å². The molecule has 2 aromatic rings. The maximum Gasteiger partial charge on any atom is 0.233 e. The van der Waals surface area contributed by atoms with Gasteiger partial charge in [-0.05, 0) is 48.9 Å². The average Bonchev–Trinajstić information content (AvgIpc) is 3.03. The fraction of sp³-hybridized carbons (Fsp3) is 0.542. The molecule has 1 aliphatic carbocycles. The number of sulfonamides is 1. The molecule has 1 fully saturated rings. The van der Waals surface area contributed by atoms with Gasteiger partial charge in [0.05, 0.1) is 19.0 Å². The number of hydrogen-bond donors (Lipinski definition) is 4. The van der Waals surface area contributed by atoms with Gasteiger partial charge in [0.25, 0.3) is 0 Å². The van der Waals surface area contributed by atoms with Gasteiger partial charge in [-0.3, -0.25) is 9.69 Å². The molecule has 196 valence electrons. The summed E-state index contributed by atoms with van der Waals surface area (Å²) in [6.45, 7) is 2.07. The fourth-order valence-corrected chi connectivity index (χ4v) is 5.82. The summed E-state index contributed by atoms with van der Waals surface area (Å²) < 4.78 is 26.3. The van der Waals surface area contributed by atoms with Gasteiger partial charge in [0.2, 0.25) is 21.9 Å². The lowest BCUT2D eigenvalue weighted by molar-refractivity contribution is -0.121. The Labute approximate surface area is 217 Å². The Bertz CT molecular complexity index is 1190. The smallest absolute Gasteiger partial charge is 0.233 e. The third-order valence-electron chi connectivity index (χ3n) is 6.70. The van der Waals surface area contributed by atoms with E-state index in [0.717, 1.165) is 57.3 Å². The number of anilines is 3. The van der Waals surface area contributed by atoms with E-state index in [9.17, 15) is 13.2 Å². The summed E-state index contributed by atoms with van der Waals surface area (Å²) in [5, 5.41) is 9.68. The first kappa shape index (κ1) is 26.6. The van der Waals surface area contributed by atoms with Crippen LogP contribution in [0.15, 0.2) is 24.4 Å². The first-order valence-corrected chi connectivity index (χ1v) is 14.6. The molecule has 0 bridgehead atoms. The van der Waals surface area contributed by atoms with Crippen LogP contribution in [0.1, 0.15) is 36.8 Å². The van der Waals surface area contributed by atoms with E-state index in [1.54, 1.807) is 13.2 Å². The summed E-state index contributed by atoms with van der Waals surface area (Å²) in [5.41, 5.74) is 3.39. The molecule has 1 saturated carbocycles. The number of nitrogens with one attached hydrogen (secondary N) is 4. The number of likely N-dealkylation sites (N-methyl/N-ethyl adjacent to an activating group) is 1. The van der Waals surface area contributed by atoms with Crippen molar-refractivity contribution in [3.05, 3.63) is 40.5 Å². The van der Waals surface area contributed by atoms with Crippen molar-refractivity contribution in [2.45, 2.75) is 50.6 Å². The molecule has 2 heterocycles. The molecule has 1 aromatic carbocycles. The topological polar surface area (TPSA) is 128 Å². The highest BCUT2D eigenvalue weighted by molar-refractivity contribution is 7.88. The number of fused-ring (bicyclic) bond motifs is 1. The first-order chi connectivity index (χ1) is 17.2. The van der Waals surface area contributed by atoms with E-state index >= 15 is 0 Å². The van der Waals surface area contributed by atoms with Crippen molar-refractivity contribution in [2.75, 3.05) is 43.6 Å². The summed E-state index contributed by atoms with van der Waals surface area (Å²) in [5.74, 6) is 0.903. The maximum atomic E-state index is 11.8. The number of carbonyl (C=O) groups is 1. The van der Waals surface area contributed by atoms with Crippen molar-refractivity contribution < 1.29 is 13.2 Å². The average molecular weight is 536 g/mol. The van der Waals surface area contributed by atoms with E-state index < -0.39 is 10.0 Å². The standard InChI is InChI=1S/C24H34ClN7O3S/c1-26-22(33)15-32-11-9-16-7-8-18(13-17(16)10-12-32)28-24-27-14-19(25)23(30-24)29-20-5-3-4-6-21(20)31-36(2,34)35/h7-8,13-14,20-21,31H,3-6,9-12,15H2,1-2H3,(H,26,33)(H2,27,28,29,30)/t20-,21-/m1/s1. The number of nitrogens with zero attached hydrogens (tertiary/aromatic N) is 3. The highest BCUT2D eigenvalue weighted by atomic mass is 35.5. The number of carbonyl (C=O) groups excluding carboxylic acids is 1. The minimum absolute atomic E-state index is 0.0271. The van der Waals surface area contributed by atoms with E-state index in [-0.39, 0.29) is 18.0 Å². The van der Waals surface area contributed by atoms with Crippen LogP contribution in [0, 0.1) is 0 Å². The number of aromatic nitrogens is 2. The SMILES string of the molecule is CNC(=O)CN1CCc2ccc(Nc3ncc(Cl)c(N[C@@H]4CCCC[C@H]4NS(C)(=O)=O)n3)cc2CC1. The molecule has 2 atom stereocenters. The summed E-state index contributed by atoms with van der Waals surface area (Å²) in [7, 11) is -1.66. The van der Waals surface area contributed by atoms with E-state index in [0.29, 0.717) is 23.3 Å². The van der Waals surface area contributed by atoms with Crippen molar-refractivity contribution in [1.82, 2.24) is 24.9 Å². The Kier molecular flexibility index (Phi) is 8.66. The molecular weight excluding hydrogens is 502 g/mol. The number of amides is 1. The van der Waals surface area contributed by atoms with Gasteiger partial charge in [0, 0.05) is 37.9 Å². The minimum Gasteiger partial charge on any atom is -0.364 e. The number of hydrogen-bond acceptors (Lipinski definition) is 8. The van der Waals surface area contributed by atoms with E-state index in [2.05, 4.69) is 47.7 Å². The monoisotopic (exact) mass is 535 g/mol. The largest absolute Gasteiger partial charge is 0.364 e. The normalized spacial score (nSPS) is 20.8. The van der Waals surface area contributed by atoms with Crippen molar-refractivity contribution >= 4 is 45.0 Å². The zero-order chi connectivity index (χ0) is 25.7. The predicted molar refractivity (Wildman–Crippen MR) is 142 cm³/mol. The molecule has 36 heavy (non-hydrogen) atoms. The van der Waals surface area contributed by atoms with Crippen LogP contribution in [0.25, 0.3) is 0 Å². The second-order valence-electron chi connectivity index (χ2n) is 9.48. The Balaban J connectivity index is 1.44. The van der Waals surface area contributed by atoms with E-state index in [1.165, 1.54) is 17.4 Å². The molecule has 1 aromatic heterocycles. The molecule has 10 nitrogen and oxygen atoms in total. The molecule has 2 aliphatic rings. The third-order valence-corrected chi connectivity index (χ3v) is 7.71. The zero-order valence-electron chi connectivity index (χ0n) is 20.7. The molecule has 4 N–H and O–H groups in total. The molecule has 1 aliphatic heterocycles. The fourth-order valence-electron chi connectivity index (χ4n) is 4.84. The van der Waals surface area contributed by atoms with Crippen molar-refractivity contribution in [3.63, 3.8) is 0 Å². The van der Waals surface area contributed by atoms with E-state index in [4.69, 9.17) is 11.6 Å². The summed E-state index contributed by atoms with van der Waals surface area (Å²) in [6.07, 6.45) is 8.02. The highest BCUT2D eigenvalue weighted by Crippen LogP contribution is 2.28. The lowest BCUT2D eigenvalue weighted by atomic mass is 9.91.